The maximum absolute atomic E-state index is 6.34. The largest absolute Gasteiger partial charge is 0.495 e. The van der Waals surface area contributed by atoms with Crippen molar-refractivity contribution in [1.82, 2.24) is 9.55 Å². The molecule has 1 aromatic heterocycles. The van der Waals surface area contributed by atoms with Gasteiger partial charge in [0.05, 0.1) is 35.4 Å². The van der Waals surface area contributed by atoms with Gasteiger partial charge < -0.3 is 19.9 Å². The minimum absolute atomic E-state index is 0.646. The zero-order valence-corrected chi connectivity index (χ0v) is 13.5. The lowest BCUT2D eigenvalue weighted by atomic mass is 10.2. The average Bonchev–Trinajstić information content (AvgIpc) is 2.94. The van der Waals surface area contributed by atoms with Crippen molar-refractivity contribution in [2.45, 2.75) is 13.1 Å². The molecule has 0 fully saturated rings. The summed E-state index contributed by atoms with van der Waals surface area (Å²) in [5.41, 5.74) is 9.60. The van der Waals surface area contributed by atoms with E-state index >= 15 is 0 Å². The van der Waals surface area contributed by atoms with Crippen LogP contribution < -0.4 is 15.4 Å². The molecule has 2 N–H and O–H groups in total. The zero-order valence-electron chi connectivity index (χ0n) is 12.8. The minimum atomic E-state index is 0.646. The fraction of sp³-hybridized carbons (Fsp3) is 0.235. The average molecular weight is 329 g/mol. The predicted octanol–water partition coefficient (Wildman–Crippen LogP) is 3.30. The van der Waals surface area contributed by atoms with Gasteiger partial charge in [0.2, 0.25) is 0 Å². The Morgan fingerprint density at radius 1 is 1.22 bits per heavy atom. The van der Waals surface area contributed by atoms with Crippen LogP contribution in [0.25, 0.3) is 11.0 Å². The second kappa shape index (κ2) is 5.35. The summed E-state index contributed by atoms with van der Waals surface area (Å²) in [5, 5.41) is 0.754. The Labute approximate surface area is 139 Å². The molecular formula is C17H17ClN4O. The molecule has 5 nitrogen and oxygen atoms in total. The van der Waals surface area contributed by atoms with Crippen molar-refractivity contribution in [1.29, 1.82) is 0 Å². The Morgan fingerprint density at radius 3 is 2.91 bits per heavy atom. The Bertz CT molecular complexity index is 890. The van der Waals surface area contributed by atoms with E-state index in [1.54, 1.807) is 7.11 Å². The molecule has 3 aromatic rings. The number of nitrogen functional groups attached to an aromatic ring is 1. The van der Waals surface area contributed by atoms with E-state index in [1.165, 1.54) is 0 Å². The Morgan fingerprint density at radius 2 is 2.09 bits per heavy atom. The van der Waals surface area contributed by atoms with Crippen molar-refractivity contribution < 1.29 is 4.74 Å². The number of rotatable bonds is 2. The summed E-state index contributed by atoms with van der Waals surface area (Å²) >= 11 is 6.34. The number of nitrogens with zero attached hydrogens (tertiary/aromatic N) is 3. The molecule has 1 aliphatic heterocycles. The molecule has 0 spiro atoms. The number of imidazole rings is 1. The number of nitrogens with two attached hydrogens (primary N) is 1. The number of para-hydroxylation sites is 1. The van der Waals surface area contributed by atoms with E-state index in [-0.39, 0.29) is 0 Å². The smallest absolute Gasteiger partial charge is 0.143 e. The molecule has 0 saturated carbocycles. The van der Waals surface area contributed by atoms with Crippen LogP contribution in [0.3, 0.4) is 0 Å². The number of aromatic nitrogens is 2. The number of fused-ring (bicyclic) bond motifs is 3. The van der Waals surface area contributed by atoms with E-state index in [0.717, 1.165) is 47.2 Å². The number of anilines is 2. The lowest BCUT2D eigenvalue weighted by molar-refractivity contribution is 0.416. The van der Waals surface area contributed by atoms with E-state index in [1.807, 2.05) is 36.4 Å². The first-order chi connectivity index (χ1) is 11.2. The molecule has 4 rings (SSSR count). The summed E-state index contributed by atoms with van der Waals surface area (Å²) in [5.74, 6) is 1.72. The number of ether oxygens (including phenoxy) is 1. The van der Waals surface area contributed by atoms with E-state index < -0.39 is 0 Å². The number of hydrogen-bond acceptors (Lipinski definition) is 4. The molecule has 0 bridgehead atoms. The van der Waals surface area contributed by atoms with Gasteiger partial charge in [0, 0.05) is 24.8 Å². The van der Waals surface area contributed by atoms with Gasteiger partial charge in [-0.05, 0) is 24.3 Å². The summed E-state index contributed by atoms with van der Waals surface area (Å²) in [7, 11) is 1.63. The molecule has 0 amide bonds. The van der Waals surface area contributed by atoms with Gasteiger partial charge in [0.1, 0.15) is 11.6 Å². The summed E-state index contributed by atoms with van der Waals surface area (Å²) in [6.07, 6.45) is 0. The van der Waals surface area contributed by atoms with Gasteiger partial charge in [-0.25, -0.2) is 4.98 Å². The highest BCUT2D eigenvalue weighted by molar-refractivity contribution is 6.35. The van der Waals surface area contributed by atoms with E-state index in [2.05, 4.69) is 9.47 Å². The first-order valence-corrected chi connectivity index (χ1v) is 7.87. The standard InChI is InChI=1S/C17H17ClN4O/c1-23-15-9-11(5-6-13(15)19)21-7-8-22-16(10-21)20-14-4-2-3-12(18)17(14)22/h2-6,9H,7-8,10,19H2,1H3. The molecule has 1 aliphatic rings. The molecule has 2 heterocycles. The summed E-state index contributed by atoms with van der Waals surface area (Å²) in [4.78, 5) is 7.01. The quantitative estimate of drug-likeness (QED) is 0.733. The van der Waals surface area contributed by atoms with Crippen molar-refractivity contribution in [3.63, 3.8) is 0 Å². The van der Waals surface area contributed by atoms with Crippen LogP contribution in [-0.4, -0.2) is 23.2 Å². The minimum Gasteiger partial charge on any atom is -0.495 e. The van der Waals surface area contributed by atoms with Gasteiger partial charge in [0.25, 0.3) is 0 Å². The molecule has 2 aromatic carbocycles. The topological polar surface area (TPSA) is 56.3 Å². The molecule has 0 unspecified atom stereocenters. The van der Waals surface area contributed by atoms with E-state index in [0.29, 0.717) is 11.4 Å². The van der Waals surface area contributed by atoms with Crippen molar-refractivity contribution >= 4 is 34.0 Å². The molecule has 118 valence electrons. The second-order valence-electron chi connectivity index (χ2n) is 5.64. The van der Waals surface area contributed by atoms with Gasteiger partial charge in [-0.2, -0.15) is 0 Å². The van der Waals surface area contributed by atoms with Crippen molar-refractivity contribution in [3.05, 3.63) is 47.2 Å². The molecule has 0 atom stereocenters. The third-order valence-electron chi connectivity index (χ3n) is 4.30. The summed E-state index contributed by atoms with van der Waals surface area (Å²) in [6, 6.07) is 11.7. The van der Waals surface area contributed by atoms with E-state index in [9.17, 15) is 0 Å². The molecule has 0 radical (unpaired) electrons. The van der Waals surface area contributed by atoms with Crippen LogP contribution in [0.5, 0.6) is 5.75 Å². The van der Waals surface area contributed by atoms with Crippen LogP contribution in [0, 0.1) is 0 Å². The Balaban J connectivity index is 1.72. The molecule has 0 saturated heterocycles. The Kier molecular flexibility index (Phi) is 3.31. The number of hydrogen-bond donors (Lipinski definition) is 1. The number of halogens is 1. The number of benzene rings is 2. The van der Waals surface area contributed by atoms with Gasteiger partial charge in [-0.3, -0.25) is 0 Å². The fourth-order valence-electron chi connectivity index (χ4n) is 3.14. The second-order valence-corrected chi connectivity index (χ2v) is 6.04. The maximum Gasteiger partial charge on any atom is 0.143 e. The number of methoxy groups -OCH3 is 1. The molecular weight excluding hydrogens is 312 g/mol. The van der Waals surface area contributed by atoms with Crippen LogP contribution in [0.4, 0.5) is 11.4 Å². The van der Waals surface area contributed by atoms with Gasteiger partial charge in [-0.15, -0.1) is 0 Å². The van der Waals surface area contributed by atoms with Gasteiger partial charge in [-0.1, -0.05) is 17.7 Å². The first kappa shape index (κ1) is 14.2. The van der Waals surface area contributed by atoms with Crippen LogP contribution in [0.2, 0.25) is 5.02 Å². The van der Waals surface area contributed by atoms with Crippen LogP contribution in [0.15, 0.2) is 36.4 Å². The highest BCUT2D eigenvalue weighted by Gasteiger charge is 2.22. The van der Waals surface area contributed by atoms with Gasteiger partial charge >= 0.3 is 0 Å². The highest BCUT2D eigenvalue weighted by atomic mass is 35.5. The van der Waals surface area contributed by atoms with Crippen LogP contribution >= 0.6 is 11.6 Å². The lowest BCUT2D eigenvalue weighted by Crippen LogP contribution is -2.33. The van der Waals surface area contributed by atoms with Crippen LogP contribution in [-0.2, 0) is 13.1 Å². The van der Waals surface area contributed by atoms with Crippen LogP contribution in [0.1, 0.15) is 5.82 Å². The third kappa shape index (κ3) is 2.28. The first-order valence-electron chi connectivity index (χ1n) is 7.49. The fourth-order valence-corrected chi connectivity index (χ4v) is 3.41. The van der Waals surface area contributed by atoms with Crippen molar-refractivity contribution in [2.75, 3.05) is 24.3 Å². The highest BCUT2D eigenvalue weighted by Crippen LogP contribution is 2.31. The molecule has 6 heteroatoms. The van der Waals surface area contributed by atoms with Gasteiger partial charge in [0.15, 0.2) is 0 Å². The van der Waals surface area contributed by atoms with Crippen molar-refractivity contribution in [2.24, 2.45) is 0 Å². The lowest BCUT2D eigenvalue weighted by Gasteiger charge is -2.30. The predicted molar refractivity (Wildman–Crippen MR) is 93.2 cm³/mol. The Hall–Kier alpha value is -2.40. The molecule has 23 heavy (non-hydrogen) atoms. The third-order valence-corrected chi connectivity index (χ3v) is 4.61. The zero-order chi connectivity index (χ0) is 16.0. The summed E-state index contributed by atoms with van der Waals surface area (Å²) in [6.45, 7) is 2.47. The van der Waals surface area contributed by atoms with Crippen molar-refractivity contribution in [3.8, 4) is 5.75 Å². The monoisotopic (exact) mass is 328 g/mol. The maximum atomic E-state index is 6.34. The van der Waals surface area contributed by atoms with E-state index in [4.69, 9.17) is 27.1 Å². The summed E-state index contributed by atoms with van der Waals surface area (Å²) < 4.78 is 7.53. The normalized spacial score (nSPS) is 14.1. The SMILES string of the molecule is COc1cc(N2CCn3c(nc4cccc(Cl)c43)C2)ccc1N. The molecule has 0 aliphatic carbocycles.